The second-order valence-corrected chi connectivity index (χ2v) is 2.71. The van der Waals surface area contributed by atoms with Crippen LogP contribution in [-0.4, -0.2) is 34.5 Å². The maximum absolute atomic E-state index is 10.1. The van der Waals surface area contributed by atoms with Gasteiger partial charge in [-0.15, -0.1) is 0 Å². The summed E-state index contributed by atoms with van der Waals surface area (Å²) in [5.74, 6) is -0.922. The first kappa shape index (κ1) is 17.7. The van der Waals surface area contributed by atoms with E-state index in [2.05, 4.69) is 0 Å². The number of hydrogen-bond acceptors (Lipinski definition) is 3. The lowest BCUT2D eigenvalue weighted by Crippen LogP contribution is -1.85. The van der Waals surface area contributed by atoms with E-state index in [9.17, 15) is 4.79 Å². The molecule has 1 aromatic carbocycles. The summed E-state index contributed by atoms with van der Waals surface area (Å²) in [6.45, 7) is 3.86. The van der Waals surface area contributed by atoms with Gasteiger partial charge in [0.15, 0.2) is 0 Å². The Morgan fingerprint density at radius 1 is 1.12 bits per heavy atom. The molecule has 4 heteroatoms. The SMILES string of the molecule is CCO.CCO.O=C(O)C=Cc1ccccc1. The van der Waals surface area contributed by atoms with E-state index in [1.165, 1.54) is 0 Å². The van der Waals surface area contributed by atoms with Gasteiger partial charge in [0.25, 0.3) is 0 Å². The van der Waals surface area contributed by atoms with Gasteiger partial charge in [-0.2, -0.15) is 0 Å². The summed E-state index contributed by atoms with van der Waals surface area (Å²) < 4.78 is 0. The van der Waals surface area contributed by atoms with Crippen LogP contribution in [0.15, 0.2) is 36.4 Å². The topological polar surface area (TPSA) is 77.8 Å². The molecule has 0 saturated heterocycles. The lowest BCUT2D eigenvalue weighted by Gasteiger charge is -1.87. The summed E-state index contributed by atoms with van der Waals surface area (Å²) in [5, 5.41) is 23.4. The number of rotatable bonds is 2. The van der Waals surface area contributed by atoms with Crippen LogP contribution in [-0.2, 0) is 4.79 Å². The van der Waals surface area contributed by atoms with Crippen molar-refractivity contribution in [1.82, 2.24) is 0 Å². The molecule has 0 unspecified atom stereocenters. The Morgan fingerprint density at radius 2 is 1.53 bits per heavy atom. The summed E-state index contributed by atoms with van der Waals surface area (Å²) in [6, 6.07) is 9.31. The molecule has 0 amide bonds. The summed E-state index contributed by atoms with van der Waals surface area (Å²) >= 11 is 0. The van der Waals surface area contributed by atoms with E-state index in [0.717, 1.165) is 11.6 Å². The molecule has 96 valence electrons. The summed E-state index contributed by atoms with van der Waals surface area (Å²) in [7, 11) is 0. The predicted octanol–water partition coefficient (Wildman–Crippen LogP) is 1.78. The van der Waals surface area contributed by atoms with E-state index in [0.29, 0.717) is 0 Å². The van der Waals surface area contributed by atoms with Gasteiger partial charge in [0, 0.05) is 19.3 Å². The fourth-order valence-electron chi connectivity index (χ4n) is 0.732. The molecule has 0 spiro atoms. The van der Waals surface area contributed by atoms with E-state index in [1.807, 2.05) is 30.3 Å². The highest BCUT2D eigenvalue weighted by atomic mass is 16.4. The predicted molar refractivity (Wildman–Crippen MR) is 68.6 cm³/mol. The van der Waals surface area contributed by atoms with E-state index < -0.39 is 5.97 Å². The normalized spacial score (nSPS) is 8.71. The van der Waals surface area contributed by atoms with E-state index in [-0.39, 0.29) is 13.2 Å². The molecule has 4 nitrogen and oxygen atoms in total. The van der Waals surface area contributed by atoms with Gasteiger partial charge in [-0.1, -0.05) is 30.3 Å². The zero-order valence-electron chi connectivity index (χ0n) is 10.2. The van der Waals surface area contributed by atoms with Crippen molar-refractivity contribution in [2.24, 2.45) is 0 Å². The Balaban J connectivity index is 0. The van der Waals surface area contributed by atoms with Crippen molar-refractivity contribution in [3.05, 3.63) is 42.0 Å². The molecular formula is C13H20O4. The number of carboxylic acid groups (broad SMARTS) is 1. The number of aliphatic hydroxyl groups is 2. The van der Waals surface area contributed by atoms with E-state index in [4.69, 9.17) is 15.3 Å². The maximum Gasteiger partial charge on any atom is 0.328 e. The van der Waals surface area contributed by atoms with Gasteiger partial charge in [-0.25, -0.2) is 4.79 Å². The highest BCUT2D eigenvalue weighted by Gasteiger charge is 1.85. The van der Waals surface area contributed by atoms with Crippen molar-refractivity contribution in [2.45, 2.75) is 13.8 Å². The Morgan fingerprint density at radius 3 is 1.88 bits per heavy atom. The molecule has 0 radical (unpaired) electrons. The van der Waals surface area contributed by atoms with Crippen molar-refractivity contribution >= 4 is 12.0 Å². The first-order valence-corrected chi connectivity index (χ1v) is 5.30. The molecule has 0 atom stereocenters. The summed E-state index contributed by atoms with van der Waals surface area (Å²) in [4.78, 5) is 10.1. The van der Waals surface area contributed by atoms with Crippen LogP contribution in [0, 0.1) is 0 Å². The molecular weight excluding hydrogens is 220 g/mol. The van der Waals surface area contributed by atoms with Crippen LogP contribution in [0.2, 0.25) is 0 Å². The minimum atomic E-state index is -0.922. The molecule has 0 aliphatic heterocycles. The molecule has 1 rings (SSSR count). The Kier molecular flexibility index (Phi) is 15.0. The fraction of sp³-hybridized carbons (Fsp3) is 0.308. The molecule has 0 aliphatic rings. The molecule has 0 saturated carbocycles. The van der Waals surface area contributed by atoms with Crippen molar-refractivity contribution in [2.75, 3.05) is 13.2 Å². The number of aliphatic carboxylic acids is 1. The summed E-state index contributed by atoms with van der Waals surface area (Å²) in [6.07, 6.45) is 2.68. The van der Waals surface area contributed by atoms with E-state index >= 15 is 0 Å². The van der Waals surface area contributed by atoms with Crippen LogP contribution in [0.4, 0.5) is 0 Å². The second kappa shape index (κ2) is 14.4. The molecule has 0 aromatic heterocycles. The Labute approximate surface area is 102 Å². The molecule has 17 heavy (non-hydrogen) atoms. The van der Waals surface area contributed by atoms with Gasteiger partial charge < -0.3 is 15.3 Å². The third-order valence-electron chi connectivity index (χ3n) is 1.22. The van der Waals surface area contributed by atoms with Crippen molar-refractivity contribution in [1.29, 1.82) is 0 Å². The van der Waals surface area contributed by atoms with Crippen LogP contribution < -0.4 is 0 Å². The molecule has 3 N–H and O–H groups in total. The van der Waals surface area contributed by atoms with Crippen LogP contribution in [0.25, 0.3) is 6.08 Å². The Bertz CT molecular complexity index is 292. The van der Waals surface area contributed by atoms with Crippen molar-refractivity contribution in [3.63, 3.8) is 0 Å². The van der Waals surface area contributed by atoms with Gasteiger partial charge >= 0.3 is 5.97 Å². The lowest BCUT2D eigenvalue weighted by atomic mass is 10.2. The summed E-state index contributed by atoms with van der Waals surface area (Å²) in [5.41, 5.74) is 0.898. The van der Waals surface area contributed by atoms with Crippen LogP contribution in [0.5, 0.6) is 0 Å². The molecule has 0 bridgehead atoms. The van der Waals surface area contributed by atoms with Gasteiger partial charge in [-0.3, -0.25) is 0 Å². The quantitative estimate of drug-likeness (QED) is 0.689. The van der Waals surface area contributed by atoms with Gasteiger partial charge in [-0.05, 0) is 25.5 Å². The molecule has 1 aromatic rings. The number of carbonyl (C=O) groups is 1. The molecule has 0 heterocycles. The average Bonchev–Trinajstić information content (AvgIpc) is 2.30. The van der Waals surface area contributed by atoms with Crippen LogP contribution >= 0.6 is 0 Å². The zero-order valence-corrected chi connectivity index (χ0v) is 10.2. The standard InChI is InChI=1S/C9H8O2.2C2H6O/c10-9(11)7-6-8-4-2-1-3-5-8;2*1-2-3/h1-7H,(H,10,11);2*3H,2H2,1H3. The smallest absolute Gasteiger partial charge is 0.328 e. The second-order valence-electron chi connectivity index (χ2n) is 2.71. The lowest BCUT2D eigenvalue weighted by molar-refractivity contribution is -0.131. The fourth-order valence-corrected chi connectivity index (χ4v) is 0.732. The van der Waals surface area contributed by atoms with E-state index in [1.54, 1.807) is 19.9 Å². The van der Waals surface area contributed by atoms with Gasteiger partial charge in [0.05, 0.1) is 0 Å². The highest BCUT2D eigenvalue weighted by Crippen LogP contribution is 1.99. The zero-order chi connectivity index (χ0) is 13.5. The maximum atomic E-state index is 10.1. The number of benzene rings is 1. The minimum Gasteiger partial charge on any atom is -0.478 e. The molecule has 0 aliphatic carbocycles. The number of aliphatic hydroxyl groups excluding tert-OH is 2. The first-order chi connectivity index (χ1) is 8.12. The van der Waals surface area contributed by atoms with Crippen molar-refractivity contribution in [3.8, 4) is 0 Å². The third kappa shape index (κ3) is 17.0. The van der Waals surface area contributed by atoms with Crippen LogP contribution in [0.3, 0.4) is 0 Å². The average molecular weight is 240 g/mol. The largest absolute Gasteiger partial charge is 0.478 e. The number of hydrogen-bond donors (Lipinski definition) is 3. The van der Waals surface area contributed by atoms with Crippen molar-refractivity contribution < 1.29 is 20.1 Å². The van der Waals surface area contributed by atoms with Gasteiger partial charge in [0.2, 0.25) is 0 Å². The third-order valence-corrected chi connectivity index (χ3v) is 1.22. The monoisotopic (exact) mass is 240 g/mol. The minimum absolute atomic E-state index is 0.250. The Hall–Kier alpha value is -1.65. The molecule has 0 fully saturated rings. The van der Waals surface area contributed by atoms with Crippen LogP contribution in [0.1, 0.15) is 19.4 Å². The van der Waals surface area contributed by atoms with Gasteiger partial charge in [0.1, 0.15) is 0 Å². The number of carboxylic acids is 1. The first-order valence-electron chi connectivity index (χ1n) is 5.30. The highest BCUT2D eigenvalue weighted by molar-refractivity contribution is 5.85.